The first-order valence-corrected chi connectivity index (χ1v) is 17.2. The predicted molar refractivity (Wildman–Crippen MR) is 194 cm³/mol. The van der Waals surface area contributed by atoms with E-state index in [2.05, 4.69) is 41.2 Å². The van der Waals surface area contributed by atoms with Gasteiger partial charge in [-0.05, 0) is 47.1 Å². The number of aliphatic hydroxyl groups is 1. The fraction of sp³-hybridized carbons (Fsp3) is 0.350. The van der Waals surface area contributed by atoms with Crippen LogP contribution in [0.2, 0.25) is 0 Å². The molecule has 3 aromatic rings. The number of ether oxygens (including phenoxy) is 3. The van der Waals surface area contributed by atoms with Gasteiger partial charge in [0.1, 0.15) is 19.3 Å². The van der Waals surface area contributed by atoms with Crippen LogP contribution >= 0.6 is 0 Å². The molecule has 0 fully saturated rings. The van der Waals surface area contributed by atoms with Crippen molar-refractivity contribution in [3.8, 4) is 11.1 Å². The first-order chi connectivity index (χ1) is 24.9. The van der Waals surface area contributed by atoms with Crippen molar-refractivity contribution in [1.82, 2.24) is 16.0 Å². The summed E-state index contributed by atoms with van der Waals surface area (Å²) in [5.74, 6) is -2.30. The third-order valence-corrected chi connectivity index (χ3v) is 8.55. The molecular weight excluding hydrogens is 650 g/mol. The lowest BCUT2D eigenvalue weighted by molar-refractivity contribution is -0.147. The standard InChI is InChI=1S/C40H47N3O8/c1-3-5-20-35(43-40(48)51-26-34-32-18-11-9-16-30(32)31-17-10-12-19-33(31)34)39(47)50-27-36(28-14-7-6-8-15-28)42-38(46)29(13-4-2)25-37(45)41-21-23-49-24-22-44/h3-4,6-12,14-19,29,34-36,44H,1-2,5,13,20-27H2,(H,41,45)(H,42,46)(H,43,48)/t29-,35-,36+/m0/s1. The zero-order valence-electron chi connectivity index (χ0n) is 28.8. The highest BCUT2D eigenvalue weighted by molar-refractivity contribution is 5.86. The minimum absolute atomic E-state index is 0.0899. The van der Waals surface area contributed by atoms with Crippen LogP contribution in [0.15, 0.2) is 104 Å². The molecule has 3 amide bonds. The summed E-state index contributed by atoms with van der Waals surface area (Å²) in [7, 11) is 0. The molecule has 3 atom stereocenters. The quantitative estimate of drug-likeness (QED) is 0.0692. The summed E-state index contributed by atoms with van der Waals surface area (Å²) in [6.07, 6.45) is 3.28. The number of aliphatic hydroxyl groups excluding tert-OH is 1. The molecule has 0 radical (unpaired) electrons. The molecule has 3 aromatic carbocycles. The Bertz CT molecular complexity index is 1580. The minimum atomic E-state index is -1.02. The van der Waals surface area contributed by atoms with Gasteiger partial charge in [0.2, 0.25) is 11.8 Å². The Kier molecular flexibility index (Phi) is 15.4. The molecule has 1 aliphatic carbocycles. The fourth-order valence-corrected chi connectivity index (χ4v) is 5.99. The molecule has 0 aliphatic heterocycles. The molecular formula is C40H47N3O8. The number of allylic oxidation sites excluding steroid dienone is 2. The van der Waals surface area contributed by atoms with Crippen LogP contribution in [0.25, 0.3) is 11.1 Å². The summed E-state index contributed by atoms with van der Waals surface area (Å²) in [4.78, 5) is 52.5. The monoisotopic (exact) mass is 697 g/mol. The van der Waals surface area contributed by atoms with Crippen LogP contribution in [0.4, 0.5) is 4.79 Å². The average molecular weight is 698 g/mol. The number of rotatable bonds is 21. The van der Waals surface area contributed by atoms with Gasteiger partial charge in [0.05, 0.1) is 31.8 Å². The first kappa shape index (κ1) is 38.5. The van der Waals surface area contributed by atoms with Crippen LogP contribution in [0.5, 0.6) is 0 Å². The van der Waals surface area contributed by atoms with Gasteiger partial charge in [0.25, 0.3) is 0 Å². The summed E-state index contributed by atoms with van der Waals surface area (Å²) < 4.78 is 16.5. The van der Waals surface area contributed by atoms with E-state index in [0.717, 1.165) is 22.3 Å². The van der Waals surface area contributed by atoms with E-state index in [4.69, 9.17) is 19.3 Å². The topological polar surface area (TPSA) is 152 Å². The second-order valence-electron chi connectivity index (χ2n) is 12.1. The number of carbonyl (C=O) groups is 4. The van der Waals surface area contributed by atoms with Crippen molar-refractivity contribution in [2.24, 2.45) is 5.92 Å². The summed E-state index contributed by atoms with van der Waals surface area (Å²) in [5.41, 5.74) is 5.04. The molecule has 4 N–H and O–H groups in total. The van der Waals surface area contributed by atoms with Gasteiger partial charge in [-0.1, -0.05) is 91.0 Å². The zero-order valence-corrected chi connectivity index (χ0v) is 28.8. The molecule has 0 aromatic heterocycles. The number of hydrogen-bond acceptors (Lipinski definition) is 8. The van der Waals surface area contributed by atoms with Gasteiger partial charge in [-0.25, -0.2) is 9.59 Å². The van der Waals surface area contributed by atoms with Crippen LogP contribution in [0.3, 0.4) is 0 Å². The van der Waals surface area contributed by atoms with Crippen molar-refractivity contribution in [1.29, 1.82) is 0 Å². The SMILES string of the molecule is C=CCC[C@H](NC(=O)OCC1c2ccccc2-c2ccccc21)C(=O)OC[C@@H](NC(=O)[C@@H](CC=C)CC(=O)NCCOCCO)c1ccccc1. The highest BCUT2D eigenvalue weighted by Gasteiger charge is 2.31. The molecule has 0 saturated carbocycles. The summed E-state index contributed by atoms with van der Waals surface area (Å²) in [6, 6.07) is 23.3. The number of carbonyl (C=O) groups excluding carboxylic acids is 4. The lowest BCUT2D eigenvalue weighted by atomic mass is 9.98. The number of nitrogens with one attached hydrogen (secondary N) is 3. The molecule has 270 valence electrons. The maximum atomic E-state index is 13.5. The predicted octanol–water partition coefficient (Wildman–Crippen LogP) is 4.97. The van der Waals surface area contributed by atoms with Crippen LogP contribution in [0, 0.1) is 5.92 Å². The van der Waals surface area contributed by atoms with Gasteiger partial charge in [-0.3, -0.25) is 9.59 Å². The Morgan fingerprint density at radius 3 is 2.14 bits per heavy atom. The van der Waals surface area contributed by atoms with Crippen molar-refractivity contribution in [3.05, 3.63) is 121 Å². The van der Waals surface area contributed by atoms with E-state index in [0.29, 0.717) is 12.0 Å². The van der Waals surface area contributed by atoms with Crippen LogP contribution in [0.1, 0.15) is 54.3 Å². The molecule has 0 spiro atoms. The normalized spacial score (nSPS) is 13.4. The smallest absolute Gasteiger partial charge is 0.407 e. The first-order valence-electron chi connectivity index (χ1n) is 17.2. The second kappa shape index (κ2) is 20.4. The Labute approximate surface area is 299 Å². The van der Waals surface area contributed by atoms with Gasteiger partial charge in [0, 0.05) is 18.9 Å². The number of benzene rings is 3. The van der Waals surface area contributed by atoms with E-state index in [9.17, 15) is 19.2 Å². The van der Waals surface area contributed by atoms with E-state index in [1.54, 1.807) is 36.4 Å². The van der Waals surface area contributed by atoms with Crippen LogP contribution in [-0.4, -0.2) is 74.6 Å². The molecule has 4 rings (SSSR count). The largest absolute Gasteiger partial charge is 0.462 e. The number of esters is 1. The van der Waals surface area contributed by atoms with Gasteiger partial charge < -0.3 is 35.3 Å². The number of hydrogen-bond donors (Lipinski definition) is 4. The van der Waals surface area contributed by atoms with E-state index in [1.807, 2.05) is 42.5 Å². The summed E-state index contributed by atoms with van der Waals surface area (Å²) >= 11 is 0. The number of fused-ring (bicyclic) bond motifs is 3. The Morgan fingerprint density at radius 1 is 0.824 bits per heavy atom. The third kappa shape index (κ3) is 11.4. The summed E-state index contributed by atoms with van der Waals surface area (Å²) in [5, 5.41) is 17.1. The lowest BCUT2D eigenvalue weighted by Crippen LogP contribution is -2.44. The fourth-order valence-electron chi connectivity index (χ4n) is 5.99. The van der Waals surface area contributed by atoms with Crippen molar-refractivity contribution in [3.63, 3.8) is 0 Å². The van der Waals surface area contributed by atoms with E-state index in [1.165, 1.54) is 0 Å². The number of alkyl carbamates (subject to hydrolysis) is 1. The van der Waals surface area contributed by atoms with Crippen molar-refractivity contribution in [2.45, 2.75) is 43.7 Å². The maximum absolute atomic E-state index is 13.5. The average Bonchev–Trinajstić information content (AvgIpc) is 3.47. The van der Waals surface area contributed by atoms with Gasteiger partial charge in [-0.2, -0.15) is 0 Å². The Morgan fingerprint density at radius 2 is 1.49 bits per heavy atom. The van der Waals surface area contributed by atoms with Crippen LogP contribution in [-0.2, 0) is 28.6 Å². The molecule has 0 saturated heterocycles. The molecule has 0 bridgehead atoms. The van der Waals surface area contributed by atoms with Gasteiger partial charge in [-0.15, -0.1) is 13.2 Å². The van der Waals surface area contributed by atoms with E-state index < -0.39 is 36.0 Å². The highest BCUT2D eigenvalue weighted by atomic mass is 16.6. The molecule has 0 unspecified atom stereocenters. The maximum Gasteiger partial charge on any atom is 0.407 e. The number of amides is 3. The van der Waals surface area contributed by atoms with E-state index >= 15 is 0 Å². The van der Waals surface area contributed by atoms with Crippen molar-refractivity contribution >= 4 is 23.9 Å². The second-order valence-corrected chi connectivity index (χ2v) is 12.1. The third-order valence-electron chi connectivity index (χ3n) is 8.55. The molecule has 1 aliphatic rings. The molecule has 11 heteroatoms. The van der Waals surface area contributed by atoms with Gasteiger partial charge >= 0.3 is 12.1 Å². The van der Waals surface area contributed by atoms with Crippen molar-refractivity contribution in [2.75, 3.05) is 39.6 Å². The summed E-state index contributed by atoms with van der Waals surface area (Å²) in [6.45, 7) is 7.86. The molecule has 0 heterocycles. The Balaban J connectivity index is 1.37. The van der Waals surface area contributed by atoms with Crippen LogP contribution < -0.4 is 16.0 Å². The Hall–Kier alpha value is -5.26. The van der Waals surface area contributed by atoms with Crippen molar-refractivity contribution < 1.29 is 38.5 Å². The lowest BCUT2D eigenvalue weighted by Gasteiger charge is -2.24. The van der Waals surface area contributed by atoms with Gasteiger partial charge in [0.15, 0.2) is 0 Å². The zero-order chi connectivity index (χ0) is 36.4. The highest BCUT2D eigenvalue weighted by Crippen LogP contribution is 2.44. The molecule has 11 nitrogen and oxygen atoms in total. The van der Waals surface area contributed by atoms with E-state index in [-0.39, 0.29) is 70.7 Å². The molecule has 51 heavy (non-hydrogen) atoms. The minimum Gasteiger partial charge on any atom is -0.462 e.